The van der Waals surface area contributed by atoms with Crippen LogP contribution in [0, 0.1) is 11.2 Å². The zero-order valence-electron chi connectivity index (χ0n) is 17.3. The van der Waals surface area contributed by atoms with Gasteiger partial charge in [-0.15, -0.1) is 5.10 Å². The van der Waals surface area contributed by atoms with E-state index in [1.165, 1.54) is 17.8 Å². The fourth-order valence-electron chi connectivity index (χ4n) is 4.25. The second kappa shape index (κ2) is 7.60. The van der Waals surface area contributed by atoms with E-state index in [2.05, 4.69) is 34.2 Å². The van der Waals surface area contributed by atoms with Gasteiger partial charge in [0.1, 0.15) is 11.9 Å². The molecule has 0 radical (unpaired) electrons. The lowest BCUT2D eigenvalue weighted by molar-refractivity contribution is -0.118. The number of fused-ring (bicyclic) bond motifs is 1. The largest absolute Gasteiger partial charge is 0.328 e. The van der Waals surface area contributed by atoms with Crippen LogP contribution in [0.15, 0.2) is 65.2 Å². The number of rotatable bonds is 4. The van der Waals surface area contributed by atoms with Crippen molar-refractivity contribution in [3.8, 4) is 0 Å². The van der Waals surface area contributed by atoms with Crippen LogP contribution in [-0.2, 0) is 10.5 Å². The van der Waals surface area contributed by atoms with Crippen molar-refractivity contribution in [3.63, 3.8) is 0 Å². The van der Waals surface area contributed by atoms with Gasteiger partial charge in [-0.05, 0) is 35.1 Å². The van der Waals surface area contributed by atoms with Gasteiger partial charge in [0.25, 0.3) is 0 Å². The van der Waals surface area contributed by atoms with Crippen LogP contribution in [0.25, 0.3) is 0 Å². The third-order valence-electron chi connectivity index (χ3n) is 5.63. The molecule has 0 amide bonds. The number of halogens is 1. The zero-order chi connectivity index (χ0) is 21.6. The molecule has 0 unspecified atom stereocenters. The van der Waals surface area contributed by atoms with Crippen LogP contribution in [0.5, 0.6) is 0 Å². The number of allylic oxidation sites excluding steroid dienone is 2. The standard InChI is InChI=1S/C23H22FN5OS/c1-23(2)10-17-19(18(30)11-23)20(14-7-5-9-25-12-14)29-21(26-17)27-22(28-29)31-13-15-6-3-4-8-16(15)24/h3-9,12,20H,10-11,13H2,1-2H3,(H,26,27,28)/t20-/m1/s1. The van der Waals surface area contributed by atoms with E-state index in [-0.39, 0.29) is 23.1 Å². The van der Waals surface area contributed by atoms with Crippen molar-refractivity contribution in [1.29, 1.82) is 0 Å². The fraction of sp³-hybridized carbons (Fsp3) is 0.304. The van der Waals surface area contributed by atoms with Gasteiger partial charge >= 0.3 is 0 Å². The summed E-state index contributed by atoms with van der Waals surface area (Å²) < 4.78 is 15.8. The van der Waals surface area contributed by atoms with Gasteiger partial charge in [0.15, 0.2) is 5.78 Å². The van der Waals surface area contributed by atoms with E-state index in [4.69, 9.17) is 0 Å². The first-order valence-electron chi connectivity index (χ1n) is 10.2. The highest BCUT2D eigenvalue weighted by atomic mass is 32.2. The minimum Gasteiger partial charge on any atom is -0.328 e. The molecule has 0 saturated heterocycles. The number of carbonyl (C=O) groups excluding carboxylic acids is 1. The molecule has 1 aliphatic carbocycles. The zero-order valence-corrected chi connectivity index (χ0v) is 18.1. The number of nitrogens with one attached hydrogen (secondary N) is 1. The molecule has 0 saturated carbocycles. The van der Waals surface area contributed by atoms with Gasteiger partial charge in [0.2, 0.25) is 11.1 Å². The molecular formula is C23H22FN5OS. The van der Waals surface area contributed by atoms with Gasteiger partial charge in [-0.25, -0.2) is 9.07 Å². The molecule has 31 heavy (non-hydrogen) atoms. The Morgan fingerprint density at radius 3 is 2.84 bits per heavy atom. The highest BCUT2D eigenvalue weighted by Crippen LogP contribution is 2.45. The molecule has 2 aromatic heterocycles. The lowest BCUT2D eigenvalue weighted by Gasteiger charge is -2.38. The Kier molecular flexibility index (Phi) is 4.89. The third kappa shape index (κ3) is 3.76. The molecular weight excluding hydrogens is 413 g/mol. The summed E-state index contributed by atoms with van der Waals surface area (Å²) in [7, 11) is 0. The van der Waals surface area contributed by atoms with Crippen LogP contribution in [0.3, 0.4) is 0 Å². The van der Waals surface area contributed by atoms with Crippen LogP contribution in [0.1, 0.15) is 43.9 Å². The quantitative estimate of drug-likeness (QED) is 0.596. The van der Waals surface area contributed by atoms with Crippen molar-refractivity contribution in [1.82, 2.24) is 19.7 Å². The normalized spacial score (nSPS) is 19.6. The Morgan fingerprint density at radius 1 is 1.23 bits per heavy atom. The van der Waals surface area contributed by atoms with E-state index in [0.717, 1.165) is 23.3 Å². The molecule has 8 heteroatoms. The van der Waals surface area contributed by atoms with Crippen LogP contribution < -0.4 is 5.32 Å². The number of Topliss-reactive ketones (excluding diaryl/α,β-unsaturated/α-hetero) is 1. The SMILES string of the molecule is CC1(C)CC(=O)C2=C(C1)Nc1nc(SCc3ccccc3F)nn1[C@@H]2c1cccnc1. The van der Waals surface area contributed by atoms with Gasteiger partial charge < -0.3 is 5.32 Å². The number of hydrogen-bond acceptors (Lipinski definition) is 6. The van der Waals surface area contributed by atoms with E-state index in [1.54, 1.807) is 29.2 Å². The summed E-state index contributed by atoms with van der Waals surface area (Å²) in [5.41, 5.74) is 3.01. The Hall–Kier alpha value is -3.00. The predicted molar refractivity (Wildman–Crippen MR) is 117 cm³/mol. The Bertz CT molecular complexity index is 1190. The number of benzene rings is 1. The highest BCUT2D eigenvalue weighted by molar-refractivity contribution is 7.98. The minimum absolute atomic E-state index is 0.118. The second-order valence-electron chi connectivity index (χ2n) is 8.69. The topological polar surface area (TPSA) is 72.7 Å². The Morgan fingerprint density at radius 2 is 2.06 bits per heavy atom. The summed E-state index contributed by atoms with van der Waals surface area (Å²) in [6.07, 6.45) is 4.73. The molecule has 1 aliphatic heterocycles. The minimum atomic E-state index is -0.376. The van der Waals surface area contributed by atoms with E-state index in [1.807, 2.05) is 18.2 Å². The van der Waals surface area contributed by atoms with Gasteiger partial charge in [0.05, 0.1) is 0 Å². The van der Waals surface area contributed by atoms with Crippen LogP contribution >= 0.6 is 11.8 Å². The van der Waals surface area contributed by atoms with E-state index >= 15 is 0 Å². The van der Waals surface area contributed by atoms with Crippen LogP contribution in [0.2, 0.25) is 0 Å². The third-order valence-corrected chi connectivity index (χ3v) is 6.51. The number of thioether (sulfide) groups is 1. The lowest BCUT2D eigenvalue weighted by atomic mass is 9.73. The first-order chi connectivity index (χ1) is 14.9. The first-order valence-corrected chi connectivity index (χ1v) is 11.2. The molecule has 2 aliphatic rings. The van der Waals surface area contributed by atoms with Crippen molar-refractivity contribution < 1.29 is 9.18 Å². The van der Waals surface area contributed by atoms with E-state index in [0.29, 0.717) is 28.8 Å². The monoisotopic (exact) mass is 435 g/mol. The molecule has 0 fully saturated rings. The molecule has 3 heterocycles. The molecule has 3 aromatic rings. The number of pyridine rings is 1. The number of anilines is 1. The fourth-order valence-corrected chi connectivity index (χ4v) is 5.07. The van der Waals surface area contributed by atoms with E-state index in [9.17, 15) is 9.18 Å². The maximum atomic E-state index is 14.0. The van der Waals surface area contributed by atoms with Crippen molar-refractivity contribution >= 4 is 23.5 Å². The van der Waals surface area contributed by atoms with Crippen molar-refractivity contribution in [2.24, 2.45) is 5.41 Å². The molecule has 5 rings (SSSR count). The summed E-state index contributed by atoms with van der Waals surface area (Å²) >= 11 is 1.37. The van der Waals surface area contributed by atoms with Crippen molar-refractivity contribution in [2.75, 3.05) is 5.32 Å². The molecule has 6 nitrogen and oxygen atoms in total. The summed E-state index contributed by atoms with van der Waals surface area (Å²) in [4.78, 5) is 22.1. The molecule has 1 aromatic carbocycles. The maximum Gasteiger partial charge on any atom is 0.227 e. The molecule has 158 valence electrons. The summed E-state index contributed by atoms with van der Waals surface area (Å²) in [6.45, 7) is 4.20. The van der Waals surface area contributed by atoms with Gasteiger partial charge in [-0.2, -0.15) is 4.98 Å². The number of hydrogen-bond donors (Lipinski definition) is 1. The molecule has 1 atom stereocenters. The number of aromatic nitrogens is 4. The Balaban J connectivity index is 1.52. The lowest BCUT2D eigenvalue weighted by Crippen LogP contribution is -2.36. The van der Waals surface area contributed by atoms with Crippen LogP contribution in [-0.4, -0.2) is 25.5 Å². The predicted octanol–water partition coefficient (Wildman–Crippen LogP) is 4.76. The first kappa shape index (κ1) is 19.9. The average Bonchev–Trinajstić information content (AvgIpc) is 3.14. The summed E-state index contributed by atoms with van der Waals surface area (Å²) in [5.74, 6) is 0.894. The summed E-state index contributed by atoms with van der Waals surface area (Å²) in [6, 6.07) is 10.1. The van der Waals surface area contributed by atoms with Gasteiger partial charge in [-0.3, -0.25) is 9.78 Å². The van der Waals surface area contributed by atoms with Gasteiger partial charge in [-0.1, -0.05) is 49.9 Å². The summed E-state index contributed by atoms with van der Waals surface area (Å²) in [5, 5.41) is 8.57. The van der Waals surface area contributed by atoms with Crippen molar-refractivity contribution in [2.45, 2.75) is 43.6 Å². The number of ketones is 1. The second-order valence-corrected chi connectivity index (χ2v) is 9.63. The number of carbonyl (C=O) groups is 1. The average molecular weight is 436 g/mol. The molecule has 0 bridgehead atoms. The smallest absolute Gasteiger partial charge is 0.227 e. The number of nitrogens with zero attached hydrogens (tertiary/aromatic N) is 4. The van der Waals surface area contributed by atoms with E-state index < -0.39 is 0 Å². The van der Waals surface area contributed by atoms with Crippen molar-refractivity contribution in [3.05, 3.63) is 77.0 Å². The molecule has 1 N–H and O–H groups in total. The van der Waals surface area contributed by atoms with Crippen LogP contribution in [0.4, 0.5) is 10.3 Å². The molecule has 0 spiro atoms. The Labute approximate surface area is 184 Å². The van der Waals surface area contributed by atoms with Gasteiger partial charge in [0, 0.05) is 35.8 Å². The maximum absolute atomic E-state index is 14.0. The highest BCUT2D eigenvalue weighted by Gasteiger charge is 2.41.